The summed E-state index contributed by atoms with van der Waals surface area (Å²) in [7, 11) is 1.58. The van der Waals surface area contributed by atoms with E-state index in [9.17, 15) is 24.9 Å². The minimum absolute atomic E-state index is 0.0775. The van der Waals surface area contributed by atoms with Gasteiger partial charge in [0.15, 0.2) is 11.6 Å². The molecule has 1 saturated carbocycles. The highest BCUT2D eigenvalue weighted by Crippen LogP contribution is 2.46. The van der Waals surface area contributed by atoms with Crippen LogP contribution in [0.5, 0.6) is 5.75 Å². The van der Waals surface area contributed by atoms with Crippen molar-refractivity contribution >= 4 is 29.3 Å². The second-order valence-corrected chi connectivity index (χ2v) is 12.9. The number of rotatable bonds is 1. The van der Waals surface area contributed by atoms with Crippen LogP contribution in [0, 0.1) is 11.8 Å². The molecule has 42 heavy (non-hydrogen) atoms. The van der Waals surface area contributed by atoms with E-state index in [0.29, 0.717) is 49.3 Å². The van der Waals surface area contributed by atoms with Crippen LogP contribution < -0.4 is 9.64 Å². The number of halogens is 1. The standard InChI is InChI=1S/C32H38ClN3O6/c1-35-14-3-2-6-25(37)23-9-7-21(23)17-36-18-31(13-4-5-20-15-22(33)8-10-24(20)31)19-42-26-11-12-27(34-29(26)36)32(41,30(39)40)16-28(35)38/h2,6,8,10-12,15,21,23,25,37,41H,3-5,7,9,13-14,16-19H2,1H3,(H,39,40)/t21-,23+,25-,31-,32+/m0/s1. The van der Waals surface area contributed by atoms with E-state index in [1.54, 1.807) is 13.1 Å². The van der Waals surface area contributed by atoms with Crippen molar-refractivity contribution in [2.24, 2.45) is 11.8 Å². The van der Waals surface area contributed by atoms with Crippen molar-refractivity contribution in [1.29, 1.82) is 0 Å². The molecule has 1 aromatic carbocycles. The molecular formula is C32H38ClN3O6. The summed E-state index contributed by atoms with van der Waals surface area (Å²) >= 11 is 6.37. The van der Waals surface area contributed by atoms with Gasteiger partial charge in [-0.3, -0.25) is 4.79 Å². The average molecular weight is 596 g/mol. The van der Waals surface area contributed by atoms with E-state index in [-0.39, 0.29) is 22.9 Å². The van der Waals surface area contributed by atoms with Crippen LogP contribution in [-0.4, -0.2) is 76.5 Å². The number of carbonyl (C=O) groups is 2. The number of aliphatic hydroxyl groups is 2. The van der Waals surface area contributed by atoms with E-state index in [1.807, 2.05) is 24.3 Å². The normalized spacial score (nSPS) is 31.4. The molecule has 3 heterocycles. The number of pyridine rings is 1. The first-order valence-electron chi connectivity index (χ1n) is 14.8. The number of amides is 1. The molecule has 0 radical (unpaired) electrons. The molecule has 1 fully saturated rings. The lowest BCUT2D eigenvalue weighted by Gasteiger charge is -2.45. The molecule has 3 N–H and O–H groups in total. The largest absolute Gasteiger partial charge is 0.489 e. The third-order valence-corrected chi connectivity index (χ3v) is 10.1. The maximum absolute atomic E-state index is 13.0. The number of aliphatic carboxylic acids is 1. The molecular weight excluding hydrogens is 558 g/mol. The van der Waals surface area contributed by atoms with Gasteiger partial charge in [-0.15, -0.1) is 0 Å². The van der Waals surface area contributed by atoms with Crippen molar-refractivity contribution < 1.29 is 29.6 Å². The number of aromatic nitrogens is 1. The van der Waals surface area contributed by atoms with E-state index >= 15 is 0 Å². The van der Waals surface area contributed by atoms with Gasteiger partial charge in [-0.1, -0.05) is 29.8 Å². The van der Waals surface area contributed by atoms with Crippen molar-refractivity contribution in [2.75, 3.05) is 38.2 Å². The van der Waals surface area contributed by atoms with E-state index < -0.39 is 30.0 Å². The third kappa shape index (κ3) is 5.16. The highest BCUT2D eigenvalue weighted by Gasteiger charge is 2.47. The first-order chi connectivity index (χ1) is 20.1. The molecule has 1 aromatic heterocycles. The molecule has 9 nitrogen and oxygen atoms in total. The second-order valence-electron chi connectivity index (χ2n) is 12.5. The van der Waals surface area contributed by atoms with Crippen LogP contribution in [0.4, 0.5) is 5.82 Å². The highest BCUT2D eigenvalue weighted by atomic mass is 35.5. The number of nitrogens with zero attached hydrogens (tertiary/aromatic N) is 3. The molecule has 2 aliphatic heterocycles. The van der Waals surface area contributed by atoms with Crippen molar-refractivity contribution in [3.63, 3.8) is 0 Å². The van der Waals surface area contributed by atoms with E-state index in [4.69, 9.17) is 21.3 Å². The highest BCUT2D eigenvalue weighted by molar-refractivity contribution is 6.30. The van der Waals surface area contributed by atoms with Crippen LogP contribution in [-0.2, 0) is 27.0 Å². The minimum Gasteiger partial charge on any atom is -0.489 e. The second kappa shape index (κ2) is 11.2. The van der Waals surface area contributed by atoms with Crippen LogP contribution in [0.1, 0.15) is 55.3 Å². The fourth-order valence-electron chi connectivity index (χ4n) is 7.17. The minimum atomic E-state index is -2.51. The molecule has 2 aliphatic carbocycles. The lowest BCUT2D eigenvalue weighted by Crippen LogP contribution is -2.50. The Labute approximate surface area is 250 Å². The lowest BCUT2D eigenvalue weighted by molar-refractivity contribution is -0.165. The summed E-state index contributed by atoms with van der Waals surface area (Å²) in [4.78, 5) is 33.8. The number of benzene rings is 1. The maximum Gasteiger partial charge on any atom is 0.342 e. The molecule has 1 spiro atoms. The van der Waals surface area contributed by atoms with Gasteiger partial charge in [0.2, 0.25) is 11.5 Å². The van der Waals surface area contributed by atoms with E-state index in [1.165, 1.54) is 22.1 Å². The van der Waals surface area contributed by atoms with Crippen molar-refractivity contribution in [2.45, 2.75) is 62.1 Å². The SMILES string of the molecule is CN1CCC=C[C@H](O)[C@@H]2CC[C@H]2CN2C[C@@]3(CCCc4cc(Cl)ccc43)COc3ccc(nc32)[C@@](O)(C(=O)O)CC1=O. The Balaban J connectivity index is 1.46. The molecule has 0 saturated heterocycles. The summed E-state index contributed by atoms with van der Waals surface area (Å²) in [5.41, 5.74) is -0.558. The van der Waals surface area contributed by atoms with E-state index in [0.717, 1.165) is 32.1 Å². The van der Waals surface area contributed by atoms with Crippen LogP contribution in [0.25, 0.3) is 0 Å². The zero-order chi connectivity index (χ0) is 29.6. The predicted octanol–water partition coefficient (Wildman–Crippen LogP) is 3.68. The Kier molecular flexibility index (Phi) is 7.70. The average Bonchev–Trinajstić information content (AvgIpc) is 3.09. The quantitative estimate of drug-likeness (QED) is 0.427. The molecule has 0 unspecified atom stereocenters. The van der Waals surface area contributed by atoms with Gasteiger partial charge in [-0.05, 0) is 85.8 Å². The number of aryl methyl sites for hydroxylation is 1. The van der Waals surface area contributed by atoms with Gasteiger partial charge in [-0.25, -0.2) is 9.78 Å². The molecule has 2 aromatic rings. The zero-order valence-corrected chi connectivity index (χ0v) is 24.6. The first-order valence-corrected chi connectivity index (χ1v) is 15.2. The van der Waals surface area contributed by atoms with Crippen LogP contribution >= 0.6 is 11.6 Å². The number of hydrogen-bond donors (Lipinski definition) is 3. The Hall–Kier alpha value is -3.14. The van der Waals surface area contributed by atoms with Gasteiger partial charge in [-0.2, -0.15) is 0 Å². The van der Waals surface area contributed by atoms with Crippen molar-refractivity contribution in [3.8, 4) is 5.75 Å². The van der Waals surface area contributed by atoms with Crippen molar-refractivity contribution in [1.82, 2.24) is 9.88 Å². The zero-order valence-electron chi connectivity index (χ0n) is 23.8. The van der Waals surface area contributed by atoms with Gasteiger partial charge in [0.1, 0.15) is 0 Å². The van der Waals surface area contributed by atoms with Gasteiger partial charge in [0.05, 0.1) is 24.8 Å². The van der Waals surface area contributed by atoms with Gasteiger partial charge in [0, 0.05) is 37.1 Å². The Morgan fingerprint density at radius 2 is 2.05 bits per heavy atom. The van der Waals surface area contributed by atoms with Gasteiger partial charge in [0.25, 0.3) is 0 Å². The molecule has 10 heteroatoms. The number of carbonyl (C=O) groups excluding carboxylic acids is 1. The lowest BCUT2D eigenvalue weighted by atomic mass is 9.68. The first kappa shape index (κ1) is 29.0. The van der Waals surface area contributed by atoms with Crippen LogP contribution in [0.15, 0.2) is 42.5 Å². The number of fused-ring (bicyclic) bond motifs is 4. The topological polar surface area (TPSA) is 123 Å². The molecule has 4 aliphatic rings. The van der Waals surface area contributed by atoms with Crippen LogP contribution in [0.3, 0.4) is 0 Å². The van der Waals surface area contributed by atoms with Crippen LogP contribution in [0.2, 0.25) is 5.02 Å². The third-order valence-electron chi connectivity index (χ3n) is 9.82. The fourth-order valence-corrected chi connectivity index (χ4v) is 7.36. The molecule has 2 bridgehead atoms. The Morgan fingerprint density at radius 1 is 1.21 bits per heavy atom. The smallest absolute Gasteiger partial charge is 0.342 e. The Bertz CT molecular complexity index is 1420. The molecule has 6 rings (SSSR count). The number of carboxylic acid groups (broad SMARTS) is 1. The van der Waals surface area contributed by atoms with E-state index in [2.05, 4.69) is 11.0 Å². The van der Waals surface area contributed by atoms with Crippen molar-refractivity contribution in [3.05, 3.63) is 64.3 Å². The van der Waals surface area contributed by atoms with Gasteiger partial charge < -0.3 is 29.9 Å². The Morgan fingerprint density at radius 3 is 2.81 bits per heavy atom. The van der Waals surface area contributed by atoms with Gasteiger partial charge >= 0.3 is 5.97 Å². The fraction of sp³-hybridized carbons (Fsp3) is 0.531. The predicted molar refractivity (Wildman–Crippen MR) is 158 cm³/mol. The summed E-state index contributed by atoms with van der Waals surface area (Å²) < 4.78 is 6.46. The molecule has 224 valence electrons. The summed E-state index contributed by atoms with van der Waals surface area (Å²) in [6.07, 6.45) is 7.62. The monoisotopic (exact) mass is 595 g/mol. The number of ether oxygens (including phenoxy) is 1. The number of hydrogen-bond acceptors (Lipinski definition) is 7. The number of carboxylic acids is 1. The number of aliphatic hydroxyl groups excluding tert-OH is 1. The summed E-state index contributed by atoms with van der Waals surface area (Å²) in [5, 5.41) is 33.4. The summed E-state index contributed by atoms with van der Waals surface area (Å²) in [5.74, 6) is -0.813. The summed E-state index contributed by atoms with van der Waals surface area (Å²) in [6, 6.07) is 9.16. The molecule has 1 amide bonds. The summed E-state index contributed by atoms with van der Waals surface area (Å²) in [6.45, 7) is 1.92. The maximum atomic E-state index is 13.0. The molecule has 5 atom stereocenters. The number of anilines is 1.